The fourth-order valence-corrected chi connectivity index (χ4v) is 3.82. The van der Waals surface area contributed by atoms with Gasteiger partial charge in [0.05, 0.1) is 21.5 Å². The number of carboxylic acids is 1. The topological polar surface area (TPSA) is 82.9 Å². The number of anilines is 1. The number of hydrogen-bond donors (Lipinski definition) is 1. The van der Waals surface area contributed by atoms with E-state index in [1.54, 1.807) is 24.3 Å². The fourth-order valence-electron chi connectivity index (χ4n) is 2.24. The molecule has 0 saturated heterocycles. The van der Waals surface area contributed by atoms with Crippen LogP contribution in [0.5, 0.6) is 0 Å². The summed E-state index contributed by atoms with van der Waals surface area (Å²) in [5.74, 6) is -2.64. The maximum absolute atomic E-state index is 13.4. The number of nitrogens with zero attached hydrogens (tertiary/aromatic N) is 3. The third-order valence-corrected chi connectivity index (χ3v) is 5.38. The van der Waals surface area contributed by atoms with E-state index in [9.17, 15) is 22.8 Å². The molecule has 2 heterocycles. The number of carboxylic acid groups (broad SMARTS) is 1. The maximum Gasteiger partial charge on any atom is 0.435 e. The highest BCUT2D eigenvalue weighted by Crippen LogP contribution is 2.37. The zero-order chi connectivity index (χ0) is 19.1. The van der Waals surface area contributed by atoms with E-state index in [1.807, 2.05) is 0 Å². The van der Waals surface area contributed by atoms with Crippen LogP contribution in [0.15, 0.2) is 39.8 Å². The van der Waals surface area contributed by atoms with Gasteiger partial charge in [-0.15, -0.1) is 11.8 Å². The normalized spacial score (nSPS) is 17.0. The van der Waals surface area contributed by atoms with E-state index < -0.39 is 35.1 Å². The number of hydrogen-bond acceptors (Lipinski definition) is 6. The van der Waals surface area contributed by atoms with Gasteiger partial charge >= 0.3 is 12.1 Å². The van der Waals surface area contributed by atoms with Crippen molar-refractivity contribution in [2.75, 3.05) is 10.8 Å². The van der Waals surface area contributed by atoms with E-state index in [0.29, 0.717) is 27.0 Å². The zero-order valence-electron chi connectivity index (χ0n) is 13.1. The summed E-state index contributed by atoms with van der Waals surface area (Å²) in [6, 6.07) is 6.88. The number of thiazole rings is 1. The number of hydrazone groups is 1. The predicted octanol–water partition coefficient (Wildman–Crippen LogP) is 3.65. The van der Waals surface area contributed by atoms with Gasteiger partial charge < -0.3 is 5.11 Å². The molecule has 0 bridgehead atoms. The third-order valence-electron chi connectivity index (χ3n) is 3.34. The van der Waals surface area contributed by atoms with Crippen LogP contribution in [0.1, 0.15) is 6.92 Å². The van der Waals surface area contributed by atoms with Crippen molar-refractivity contribution in [2.24, 2.45) is 5.10 Å². The van der Waals surface area contributed by atoms with Gasteiger partial charge in [-0.25, -0.2) is 4.98 Å². The predicted molar refractivity (Wildman–Crippen MR) is 93.4 cm³/mol. The largest absolute Gasteiger partial charge is 0.481 e. The van der Waals surface area contributed by atoms with Crippen LogP contribution in [0.2, 0.25) is 0 Å². The van der Waals surface area contributed by atoms with Gasteiger partial charge in [0.2, 0.25) is 5.13 Å². The molecule has 26 heavy (non-hydrogen) atoms. The average molecular weight is 401 g/mol. The third kappa shape index (κ3) is 3.44. The Morgan fingerprint density at radius 2 is 2.04 bits per heavy atom. The second-order valence-corrected chi connectivity index (χ2v) is 7.34. The van der Waals surface area contributed by atoms with Crippen LogP contribution in [0.25, 0.3) is 10.2 Å². The molecule has 2 aromatic rings. The molecule has 1 aliphatic rings. The van der Waals surface area contributed by atoms with Crippen LogP contribution < -0.4 is 5.01 Å². The number of aromatic nitrogens is 1. The first-order valence-electron chi connectivity index (χ1n) is 7.10. The SMILES string of the molecule is C/C(SCC(=O)O)=C1\C(=O)N(c2nc3ccccc3s2)N=C1C(F)(F)F. The van der Waals surface area contributed by atoms with Crippen LogP contribution >= 0.6 is 23.1 Å². The molecule has 1 N–H and O–H groups in total. The van der Waals surface area contributed by atoms with Crippen molar-refractivity contribution in [1.82, 2.24) is 4.98 Å². The van der Waals surface area contributed by atoms with E-state index in [4.69, 9.17) is 5.11 Å². The molecule has 0 atom stereocenters. The molecule has 1 aromatic heterocycles. The lowest BCUT2D eigenvalue weighted by Gasteiger charge is -2.09. The fraction of sp³-hybridized carbons (Fsp3) is 0.200. The minimum absolute atomic E-state index is 0.0176. The first-order valence-corrected chi connectivity index (χ1v) is 8.90. The van der Waals surface area contributed by atoms with Crippen molar-refractivity contribution >= 4 is 56.0 Å². The van der Waals surface area contributed by atoms with E-state index in [2.05, 4.69) is 10.1 Å². The second kappa shape index (κ2) is 6.72. The summed E-state index contributed by atoms with van der Waals surface area (Å²) < 4.78 is 40.8. The number of rotatable bonds is 4. The van der Waals surface area contributed by atoms with Gasteiger partial charge in [-0.05, 0) is 24.0 Å². The smallest absolute Gasteiger partial charge is 0.435 e. The van der Waals surface area contributed by atoms with E-state index in [0.717, 1.165) is 11.3 Å². The maximum atomic E-state index is 13.4. The molecule has 0 fully saturated rings. The molecule has 0 aliphatic carbocycles. The molecule has 0 unspecified atom stereocenters. The van der Waals surface area contributed by atoms with Crippen molar-refractivity contribution < 1.29 is 27.9 Å². The summed E-state index contributed by atoms with van der Waals surface area (Å²) in [5.41, 5.74) is -1.46. The number of alkyl halides is 3. The van der Waals surface area contributed by atoms with Crippen LogP contribution in [0, 0.1) is 0 Å². The van der Waals surface area contributed by atoms with Gasteiger partial charge in [0, 0.05) is 0 Å². The lowest BCUT2D eigenvalue weighted by Crippen LogP contribution is -2.26. The van der Waals surface area contributed by atoms with Crippen molar-refractivity contribution in [3.63, 3.8) is 0 Å². The number of amides is 1. The van der Waals surface area contributed by atoms with Crippen molar-refractivity contribution in [2.45, 2.75) is 13.1 Å². The molecule has 0 saturated carbocycles. The van der Waals surface area contributed by atoms with Crippen LogP contribution in [-0.2, 0) is 9.59 Å². The van der Waals surface area contributed by atoms with Crippen molar-refractivity contribution in [1.29, 1.82) is 0 Å². The number of para-hydroxylation sites is 1. The highest BCUT2D eigenvalue weighted by Gasteiger charge is 2.48. The van der Waals surface area contributed by atoms with Crippen molar-refractivity contribution in [3.8, 4) is 0 Å². The second-order valence-electron chi connectivity index (χ2n) is 5.14. The van der Waals surface area contributed by atoms with Gasteiger partial charge in [0.15, 0.2) is 5.71 Å². The number of thioether (sulfide) groups is 1. The summed E-state index contributed by atoms with van der Waals surface area (Å²) in [6.07, 6.45) is -4.86. The van der Waals surface area contributed by atoms with Gasteiger partial charge in [-0.3, -0.25) is 9.59 Å². The minimum atomic E-state index is -4.86. The number of halogens is 3. The highest BCUT2D eigenvalue weighted by atomic mass is 32.2. The first kappa shape index (κ1) is 18.4. The molecular formula is C15H10F3N3O3S2. The number of allylic oxidation sites excluding steroid dienone is 1. The number of carbonyl (C=O) groups excluding carboxylic acids is 1. The first-order chi connectivity index (χ1) is 12.2. The zero-order valence-corrected chi connectivity index (χ0v) is 14.7. The van der Waals surface area contributed by atoms with Gasteiger partial charge in [0.25, 0.3) is 5.91 Å². The van der Waals surface area contributed by atoms with Gasteiger partial charge in [-0.2, -0.15) is 23.3 Å². The molecule has 6 nitrogen and oxygen atoms in total. The number of aliphatic carboxylic acids is 1. The van der Waals surface area contributed by atoms with E-state index in [1.165, 1.54) is 6.92 Å². The van der Waals surface area contributed by atoms with Gasteiger partial charge in [-0.1, -0.05) is 23.5 Å². The molecule has 1 amide bonds. The summed E-state index contributed by atoms with van der Waals surface area (Å²) in [7, 11) is 0. The van der Waals surface area contributed by atoms with Crippen LogP contribution in [0.4, 0.5) is 18.3 Å². The van der Waals surface area contributed by atoms with E-state index in [-0.39, 0.29) is 10.0 Å². The lowest BCUT2D eigenvalue weighted by atomic mass is 10.1. The number of fused-ring (bicyclic) bond motifs is 1. The Hall–Kier alpha value is -2.40. The minimum Gasteiger partial charge on any atom is -0.481 e. The summed E-state index contributed by atoms with van der Waals surface area (Å²) in [6.45, 7) is 1.27. The standard InChI is InChI=1S/C15H10F3N3O3S2/c1-7(25-6-10(22)23)11-12(15(16,17)18)20-21(13(11)24)14-19-8-4-2-3-5-9(8)26-14/h2-5H,6H2,1H3,(H,22,23)/b11-7+. The highest BCUT2D eigenvalue weighted by molar-refractivity contribution is 8.03. The van der Waals surface area contributed by atoms with Gasteiger partial charge in [0.1, 0.15) is 0 Å². The molecule has 1 aromatic carbocycles. The molecule has 0 spiro atoms. The monoisotopic (exact) mass is 401 g/mol. The molecule has 0 radical (unpaired) electrons. The Labute approximate surface area is 153 Å². The Morgan fingerprint density at radius 1 is 1.35 bits per heavy atom. The Bertz CT molecular complexity index is 933. The molecule has 136 valence electrons. The molecular weight excluding hydrogens is 391 g/mol. The summed E-state index contributed by atoms with van der Waals surface area (Å²) in [4.78, 5) is 27.3. The molecule has 3 rings (SSSR count). The quantitative estimate of drug-likeness (QED) is 0.791. The summed E-state index contributed by atoms with van der Waals surface area (Å²) in [5, 5.41) is 12.8. The van der Waals surface area contributed by atoms with Crippen molar-refractivity contribution in [3.05, 3.63) is 34.7 Å². The molecule has 11 heteroatoms. The number of benzene rings is 1. The average Bonchev–Trinajstić information content (AvgIpc) is 3.12. The molecule has 1 aliphatic heterocycles. The number of carbonyl (C=O) groups is 2. The van der Waals surface area contributed by atoms with Crippen LogP contribution in [-0.4, -0.2) is 39.6 Å². The Balaban J connectivity index is 2.05. The lowest BCUT2D eigenvalue weighted by molar-refractivity contribution is -0.133. The summed E-state index contributed by atoms with van der Waals surface area (Å²) >= 11 is 1.68. The Kier molecular flexibility index (Phi) is 4.76. The Morgan fingerprint density at radius 3 is 2.65 bits per heavy atom. The van der Waals surface area contributed by atoms with Crippen LogP contribution in [0.3, 0.4) is 0 Å². The van der Waals surface area contributed by atoms with E-state index >= 15 is 0 Å².